The predicted molar refractivity (Wildman–Crippen MR) is 91.0 cm³/mol. The minimum absolute atomic E-state index is 0.190. The third-order valence-corrected chi connectivity index (χ3v) is 4.53. The van der Waals surface area contributed by atoms with Crippen LogP contribution in [0.5, 0.6) is 5.75 Å². The van der Waals surface area contributed by atoms with Crippen molar-refractivity contribution < 1.29 is 9.53 Å². The van der Waals surface area contributed by atoms with Crippen LogP contribution in [0.15, 0.2) is 16.6 Å². The molecule has 0 aliphatic rings. The summed E-state index contributed by atoms with van der Waals surface area (Å²) in [6, 6.07) is 3.38. The average molecular weight is 378 g/mol. The van der Waals surface area contributed by atoms with Gasteiger partial charge in [-0.1, -0.05) is 11.6 Å². The predicted octanol–water partition coefficient (Wildman–Crippen LogP) is 4.20. The summed E-state index contributed by atoms with van der Waals surface area (Å²) in [7, 11) is 0. The molecule has 6 heteroatoms. The lowest BCUT2D eigenvalue weighted by Crippen LogP contribution is -2.53. The lowest BCUT2D eigenvalue weighted by Gasteiger charge is -2.37. The second-order valence-corrected chi connectivity index (χ2v) is 7.29. The number of nitrogens with one attached hydrogen (secondary N) is 1. The molecule has 0 atom stereocenters. The first-order valence-corrected chi connectivity index (χ1v) is 7.90. The van der Waals surface area contributed by atoms with Crippen LogP contribution in [0.4, 0.5) is 5.69 Å². The number of hydrogen-bond donors (Lipinski definition) is 2. The van der Waals surface area contributed by atoms with E-state index in [-0.39, 0.29) is 5.91 Å². The molecule has 0 aliphatic carbocycles. The van der Waals surface area contributed by atoms with Gasteiger partial charge < -0.3 is 15.8 Å². The second kappa shape index (κ2) is 6.55. The molecule has 1 amide bonds. The van der Waals surface area contributed by atoms with Gasteiger partial charge in [-0.15, -0.1) is 0 Å². The van der Waals surface area contributed by atoms with Crippen molar-refractivity contribution in [3.63, 3.8) is 0 Å². The molecule has 3 N–H and O–H groups in total. The number of ether oxygens (including phenoxy) is 1. The molecule has 0 heterocycles. The Balaban J connectivity index is 3.16. The topological polar surface area (TPSA) is 64.3 Å². The van der Waals surface area contributed by atoms with Gasteiger partial charge in [-0.05, 0) is 62.7 Å². The molecule has 0 aromatic heterocycles. The Kier molecular flexibility index (Phi) is 5.69. The summed E-state index contributed by atoms with van der Waals surface area (Å²) in [6.07, 6.45) is 0. The molecular formula is C15H22BrClN2O2. The number of benzene rings is 1. The molecule has 0 fully saturated rings. The zero-order chi connectivity index (χ0) is 16.4. The van der Waals surface area contributed by atoms with Gasteiger partial charge in [-0.3, -0.25) is 4.79 Å². The van der Waals surface area contributed by atoms with E-state index in [9.17, 15) is 4.79 Å². The van der Waals surface area contributed by atoms with Crippen LogP contribution in [0.25, 0.3) is 0 Å². The normalized spacial score (nSPS) is 12.2. The van der Waals surface area contributed by atoms with Crippen molar-refractivity contribution in [2.45, 2.75) is 40.2 Å². The van der Waals surface area contributed by atoms with Crippen LogP contribution in [-0.2, 0) is 4.79 Å². The number of halogens is 2. The number of carbonyl (C=O) groups excluding carboxylic acids is 1. The smallest absolute Gasteiger partial charge is 0.231 e. The van der Waals surface area contributed by atoms with Crippen molar-refractivity contribution in [1.29, 1.82) is 0 Å². The maximum atomic E-state index is 12.6. The molecule has 0 saturated carbocycles. The first-order valence-electron chi connectivity index (χ1n) is 6.73. The Morgan fingerprint density at radius 2 is 1.95 bits per heavy atom. The van der Waals surface area contributed by atoms with Gasteiger partial charge in [0.1, 0.15) is 0 Å². The minimum Gasteiger partial charge on any atom is -0.491 e. The molecule has 118 valence electrons. The molecule has 0 spiro atoms. The number of anilines is 1. The van der Waals surface area contributed by atoms with E-state index < -0.39 is 11.0 Å². The standard InChI is InChI=1S/C15H22BrClN2O2/c1-6-21-12-10(16)7-9(17)8-11(12)19-13(20)14(2,3)15(4,5)18/h7-8H,6,18H2,1-5H3,(H,19,20). The molecule has 1 aromatic rings. The van der Waals surface area contributed by atoms with Crippen LogP contribution in [0.2, 0.25) is 5.02 Å². The highest BCUT2D eigenvalue weighted by molar-refractivity contribution is 9.10. The van der Waals surface area contributed by atoms with E-state index in [1.807, 2.05) is 34.6 Å². The van der Waals surface area contributed by atoms with Crippen LogP contribution in [0.1, 0.15) is 34.6 Å². The fraction of sp³-hybridized carbons (Fsp3) is 0.533. The first kappa shape index (κ1) is 18.3. The Bertz CT molecular complexity index is 539. The van der Waals surface area contributed by atoms with Gasteiger partial charge in [0.2, 0.25) is 5.91 Å². The fourth-order valence-corrected chi connectivity index (χ4v) is 2.44. The van der Waals surface area contributed by atoms with Gasteiger partial charge in [0, 0.05) is 10.6 Å². The highest BCUT2D eigenvalue weighted by atomic mass is 79.9. The SMILES string of the molecule is CCOc1c(Br)cc(Cl)cc1NC(=O)C(C)(C)C(C)(C)N. The summed E-state index contributed by atoms with van der Waals surface area (Å²) in [5, 5.41) is 3.37. The Morgan fingerprint density at radius 1 is 1.38 bits per heavy atom. The second-order valence-electron chi connectivity index (χ2n) is 6.00. The van der Waals surface area contributed by atoms with Gasteiger partial charge in [0.05, 0.1) is 22.2 Å². The maximum Gasteiger partial charge on any atom is 0.231 e. The van der Waals surface area contributed by atoms with E-state index in [1.165, 1.54) is 0 Å². The fourth-order valence-electron chi connectivity index (χ4n) is 1.52. The number of carbonyl (C=O) groups is 1. The van der Waals surface area contributed by atoms with E-state index in [0.29, 0.717) is 27.5 Å². The quantitative estimate of drug-likeness (QED) is 0.808. The van der Waals surface area contributed by atoms with Crippen LogP contribution in [-0.4, -0.2) is 18.1 Å². The van der Waals surface area contributed by atoms with Crippen LogP contribution >= 0.6 is 27.5 Å². The van der Waals surface area contributed by atoms with Crippen molar-refractivity contribution in [2.75, 3.05) is 11.9 Å². The van der Waals surface area contributed by atoms with Gasteiger partial charge in [0.15, 0.2) is 5.75 Å². The Morgan fingerprint density at radius 3 is 2.43 bits per heavy atom. The van der Waals surface area contributed by atoms with E-state index in [1.54, 1.807) is 12.1 Å². The van der Waals surface area contributed by atoms with Crippen molar-refractivity contribution in [3.05, 3.63) is 21.6 Å². The molecule has 4 nitrogen and oxygen atoms in total. The highest BCUT2D eigenvalue weighted by Crippen LogP contribution is 2.38. The molecule has 21 heavy (non-hydrogen) atoms. The van der Waals surface area contributed by atoms with Gasteiger partial charge >= 0.3 is 0 Å². The number of rotatable bonds is 5. The third kappa shape index (κ3) is 4.11. The van der Waals surface area contributed by atoms with Gasteiger partial charge in [-0.25, -0.2) is 0 Å². The zero-order valence-electron chi connectivity index (χ0n) is 13.0. The minimum atomic E-state index is -0.759. The molecule has 0 unspecified atom stereocenters. The molecule has 1 rings (SSSR count). The largest absolute Gasteiger partial charge is 0.491 e. The number of hydrogen-bond acceptors (Lipinski definition) is 3. The summed E-state index contributed by atoms with van der Waals surface area (Å²) < 4.78 is 6.26. The molecule has 0 aliphatic heterocycles. The summed E-state index contributed by atoms with van der Waals surface area (Å²) in [6.45, 7) is 9.62. The van der Waals surface area contributed by atoms with Crippen molar-refractivity contribution in [1.82, 2.24) is 0 Å². The zero-order valence-corrected chi connectivity index (χ0v) is 15.4. The lowest BCUT2D eigenvalue weighted by atomic mass is 9.74. The first-order chi connectivity index (χ1) is 9.50. The van der Waals surface area contributed by atoms with Gasteiger partial charge in [0.25, 0.3) is 0 Å². The average Bonchev–Trinajstić information content (AvgIpc) is 2.31. The van der Waals surface area contributed by atoms with Crippen molar-refractivity contribution >= 4 is 39.1 Å². The van der Waals surface area contributed by atoms with Crippen molar-refractivity contribution in [3.8, 4) is 5.75 Å². The lowest BCUT2D eigenvalue weighted by molar-refractivity contribution is -0.126. The monoisotopic (exact) mass is 376 g/mol. The van der Waals surface area contributed by atoms with Crippen LogP contribution in [0, 0.1) is 5.41 Å². The Labute approximate surface area is 139 Å². The van der Waals surface area contributed by atoms with Crippen molar-refractivity contribution in [2.24, 2.45) is 11.1 Å². The molecule has 0 radical (unpaired) electrons. The molecule has 1 aromatic carbocycles. The van der Waals surface area contributed by atoms with Crippen LogP contribution in [0.3, 0.4) is 0 Å². The maximum absolute atomic E-state index is 12.6. The molecular weight excluding hydrogens is 356 g/mol. The number of nitrogens with two attached hydrogens (primary N) is 1. The number of amides is 1. The molecule has 0 saturated heterocycles. The van der Waals surface area contributed by atoms with Crippen LogP contribution < -0.4 is 15.8 Å². The highest BCUT2D eigenvalue weighted by Gasteiger charge is 2.40. The summed E-state index contributed by atoms with van der Waals surface area (Å²) in [4.78, 5) is 12.6. The molecule has 0 bridgehead atoms. The third-order valence-electron chi connectivity index (χ3n) is 3.72. The van der Waals surface area contributed by atoms with E-state index in [4.69, 9.17) is 22.1 Å². The van der Waals surface area contributed by atoms with E-state index in [2.05, 4.69) is 21.2 Å². The Hall–Kier alpha value is -0.780. The summed E-state index contributed by atoms with van der Waals surface area (Å²) in [5.41, 5.74) is 5.20. The summed E-state index contributed by atoms with van der Waals surface area (Å²) in [5.74, 6) is 0.367. The summed E-state index contributed by atoms with van der Waals surface area (Å²) >= 11 is 9.44. The van der Waals surface area contributed by atoms with Gasteiger partial charge in [-0.2, -0.15) is 0 Å². The van der Waals surface area contributed by atoms with E-state index >= 15 is 0 Å². The van der Waals surface area contributed by atoms with E-state index in [0.717, 1.165) is 0 Å².